The monoisotopic (exact) mass is 240 g/mol. The Balaban J connectivity index is 3.10. The molecule has 0 heterocycles. The fourth-order valence-electron chi connectivity index (χ4n) is 1.10. The number of alkyl halides is 3. The Labute approximate surface area is 87.2 Å². The zero-order chi connectivity index (χ0) is 12.3. The van der Waals surface area contributed by atoms with E-state index in [-0.39, 0.29) is 0 Å². The lowest BCUT2D eigenvalue weighted by molar-refractivity contribution is 0.0495. The van der Waals surface area contributed by atoms with E-state index in [2.05, 4.69) is 0 Å². The minimum Gasteiger partial charge on any atom is -0.236 e. The topological polar surface area (TPSA) is 0 Å². The summed E-state index contributed by atoms with van der Waals surface area (Å²) in [5.41, 5.74) is -1.16. The van der Waals surface area contributed by atoms with Gasteiger partial charge in [0.05, 0.1) is 0 Å². The molecule has 0 spiro atoms. The van der Waals surface area contributed by atoms with Crippen molar-refractivity contribution in [3.63, 3.8) is 0 Å². The van der Waals surface area contributed by atoms with Gasteiger partial charge in [0.15, 0.2) is 12.0 Å². The molecule has 0 aliphatic rings. The van der Waals surface area contributed by atoms with Crippen LogP contribution in [0.4, 0.5) is 26.3 Å². The first-order valence-corrected chi connectivity index (χ1v) is 4.16. The van der Waals surface area contributed by atoms with Gasteiger partial charge in [0.25, 0.3) is 6.43 Å². The highest BCUT2D eigenvalue weighted by molar-refractivity contribution is 5.60. The number of hydrogen-bond acceptors (Lipinski definition) is 0. The summed E-state index contributed by atoms with van der Waals surface area (Å²) >= 11 is 0. The third-order valence-corrected chi connectivity index (χ3v) is 1.85. The van der Waals surface area contributed by atoms with Gasteiger partial charge in [-0.05, 0) is 11.6 Å². The maximum atomic E-state index is 12.8. The van der Waals surface area contributed by atoms with Crippen molar-refractivity contribution >= 4 is 5.83 Å². The van der Waals surface area contributed by atoms with Crippen molar-refractivity contribution in [2.75, 3.05) is 0 Å². The van der Waals surface area contributed by atoms with Gasteiger partial charge in [0.1, 0.15) is 0 Å². The van der Waals surface area contributed by atoms with E-state index in [9.17, 15) is 26.3 Å². The van der Waals surface area contributed by atoms with Crippen molar-refractivity contribution < 1.29 is 26.3 Å². The molecule has 0 N–H and O–H groups in total. The molecule has 1 aromatic carbocycles. The Bertz CT molecular complexity index is 394. The van der Waals surface area contributed by atoms with Crippen molar-refractivity contribution in [2.45, 2.75) is 12.6 Å². The first-order chi connectivity index (χ1) is 7.43. The van der Waals surface area contributed by atoms with Crippen LogP contribution < -0.4 is 0 Å². The highest BCUT2D eigenvalue weighted by Gasteiger charge is 2.22. The van der Waals surface area contributed by atoms with E-state index in [0.717, 1.165) is 18.2 Å². The lowest BCUT2D eigenvalue weighted by Gasteiger charge is -2.08. The van der Waals surface area contributed by atoms with Crippen molar-refractivity contribution in [1.29, 1.82) is 0 Å². The van der Waals surface area contributed by atoms with Gasteiger partial charge in [-0.2, -0.15) is 8.78 Å². The number of hydrogen-bond donors (Lipinski definition) is 0. The summed E-state index contributed by atoms with van der Waals surface area (Å²) < 4.78 is 73.2. The molecule has 0 aliphatic heterocycles. The van der Waals surface area contributed by atoms with Crippen LogP contribution in [-0.4, -0.2) is 6.43 Å². The molecule has 16 heavy (non-hydrogen) atoms. The molecule has 1 rings (SSSR count). The van der Waals surface area contributed by atoms with Gasteiger partial charge >= 0.3 is 6.08 Å². The molecule has 1 unspecified atom stereocenters. The molecule has 0 aliphatic carbocycles. The molecule has 0 bridgehead atoms. The van der Waals surface area contributed by atoms with Gasteiger partial charge in [-0.25, -0.2) is 17.6 Å². The molecule has 1 atom stereocenters. The summed E-state index contributed by atoms with van der Waals surface area (Å²) in [5.74, 6) is -1.84. The largest absolute Gasteiger partial charge is 0.306 e. The van der Waals surface area contributed by atoms with Crippen LogP contribution in [0.1, 0.15) is 17.3 Å². The molecule has 0 saturated heterocycles. The lowest BCUT2D eigenvalue weighted by Crippen LogP contribution is -2.03. The van der Waals surface area contributed by atoms with E-state index in [4.69, 9.17) is 0 Å². The Morgan fingerprint density at radius 2 is 1.62 bits per heavy atom. The van der Waals surface area contributed by atoms with Crippen LogP contribution in [0.3, 0.4) is 0 Å². The van der Waals surface area contributed by atoms with E-state index in [1.54, 1.807) is 0 Å². The Kier molecular flexibility index (Phi) is 3.98. The average molecular weight is 240 g/mol. The van der Waals surface area contributed by atoms with Gasteiger partial charge in [-0.15, -0.1) is 0 Å². The summed E-state index contributed by atoms with van der Waals surface area (Å²) in [4.78, 5) is 0. The maximum absolute atomic E-state index is 12.8. The molecule has 0 amide bonds. The van der Waals surface area contributed by atoms with Gasteiger partial charge in [0.2, 0.25) is 0 Å². The predicted molar refractivity (Wildman–Crippen MR) is 46.5 cm³/mol. The van der Waals surface area contributed by atoms with Gasteiger partial charge in [-0.3, -0.25) is 0 Å². The first-order valence-electron chi connectivity index (χ1n) is 4.16. The highest BCUT2D eigenvalue weighted by Crippen LogP contribution is 2.29. The van der Waals surface area contributed by atoms with Crippen molar-refractivity contribution in [3.05, 3.63) is 41.5 Å². The van der Waals surface area contributed by atoms with Crippen LogP contribution in [-0.2, 0) is 0 Å². The van der Waals surface area contributed by atoms with Crippen molar-refractivity contribution in [1.82, 2.24) is 0 Å². The average Bonchev–Trinajstić information content (AvgIpc) is 2.26. The molecular formula is C10H6F6. The molecule has 6 heteroatoms. The molecule has 0 radical (unpaired) electrons. The third-order valence-electron chi connectivity index (χ3n) is 1.85. The molecule has 0 saturated carbocycles. The van der Waals surface area contributed by atoms with Crippen LogP contribution in [0.2, 0.25) is 0 Å². The minimum absolute atomic E-state index is 0.538. The predicted octanol–water partition coefficient (Wildman–Crippen LogP) is 4.50. The maximum Gasteiger partial charge on any atom is 0.306 e. The van der Waals surface area contributed by atoms with E-state index < -0.39 is 35.6 Å². The summed E-state index contributed by atoms with van der Waals surface area (Å²) in [6, 6.07) is 3.58. The molecule has 88 valence electrons. The number of benzene rings is 1. The summed E-state index contributed by atoms with van der Waals surface area (Å²) in [7, 11) is 0. The van der Waals surface area contributed by atoms with Gasteiger partial charge in [-0.1, -0.05) is 18.2 Å². The first kappa shape index (κ1) is 12.6. The van der Waals surface area contributed by atoms with Crippen LogP contribution in [0, 0.1) is 0 Å². The zero-order valence-electron chi connectivity index (χ0n) is 7.73. The van der Waals surface area contributed by atoms with Crippen LogP contribution in [0.15, 0.2) is 30.3 Å². The van der Waals surface area contributed by atoms with Gasteiger partial charge < -0.3 is 0 Å². The van der Waals surface area contributed by atoms with E-state index in [0.29, 0.717) is 6.07 Å². The van der Waals surface area contributed by atoms with E-state index in [1.165, 1.54) is 0 Å². The Hall–Kier alpha value is -1.46. The second-order valence-corrected chi connectivity index (χ2v) is 2.94. The number of rotatable bonds is 3. The molecule has 0 fully saturated rings. The SMILES string of the molecule is FC(F)=C(F)c1cccc(C(F)C(F)F)c1. The van der Waals surface area contributed by atoms with Crippen LogP contribution >= 0.6 is 0 Å². The van der Waals surface area contributed by atoms with Crippen molar-refractivity contribution in [3.8, 4) is 0 Å². The second-order valence-electron chi connectivity index (χ2n) is 2.94. The Morgan fingerprint density at radius 1 is 1.00 bits per heavy atom. The quantitative estimate of drug-likeness (QED) is 0.682. The highest BCUT2D eigenvalue weighted by atomic mass is 19.3. The molecular weight excluding hydrogens is 234 g/mol. The third kappa shape index (κ3) is 2.77. The standard InChI is InChI=1S/C10H6F6/c11-7(9(13)14)5-2-1-3-6(4-5)8(12)10(15)16/h1-4,7,9H. The van der Waals surface area contributed by atoms with Gasteiger partial charge in [0, 0.05) is 5.56 Å². The second kappa shape index (κ2) is 5.05. The van der Waals surface area contributed by atoms with Crippen molar-refractivity contribution in [2.24, 2.45) is 0 Å². The minimum atomic E-state index is -3.28. The molecule has 0 aromatic heterocycles. The molecule has 1 aromatic rings. The van der Waals surface area contributed by atoms with E-state index in [1.807, 2.05) is 0 Å². The molecule has 0 nitrogen and oxygen atoms in total. The summed E-state index contributed by atoms with van der Waals surface area (Å²) in [5, 5.41) is 0. The fourth-order valence-corrected chi connectivity index (χ4v) is 1.10. The normalized spacial score (nSPS) is 12.7. The van der Waals surface area contributed by atoms with Crippen LogP contribution in [0.5, 0.6) is 0 Å². The summed E-state index contributed by atoms with van der Waals surface area (Å²) in [6.07, 6.45) is -8.47. The number of halogens is 6. The smallest absolute Gasteiger partial charge is 0.236 e. The zero-order valence-corrected chi connectivity index (χ0v) is 7.73. The fraction of sp³-hybridized carbons (Fsp3) is 0.200. The van der Waals surface area contributed by atoms with Crippen LogP contribution in [0.25, 0.3) is 5.83 Å². The van der Waals surface area contributed by atoms with E-state index >= 15 is 0 Å². The Morgan fingerprint density at radius 3 is 2.12 bits per heavy atom. The summed E-state index contributed by atoms with van der Waals surface area (Å²) in [6.45, 7) is 0. The lowest BCUT2D eigenvalue weighted by atomic mass is 10.1.